The molecule has 0 amide bonds. The van der Waals surface area contributed by atoms with Crippen LogP contribution in [0.15, 0.2) is 72.4 Å². The van der Waals surface area contributed by atoms with Crippen molar-refractivity contribution >= 4 is 34.7 Å². The molecule has 2 aromatic heterocycles. The number of carboxylic acids is 1. The smallest absolute Gasteiger partial charge is 0.337 e. The second kappa shape index (κ2) is 8.07. The van der Waals surface area contributed by atoms with E-state index in [9.17, 15) is 14.7 Å². The normalized spacial score (nSPS) is 10.8. The fourth-order valence-electron chi connectivity index (χ4n) is 3.29. The lowest BCUT2D eigenvalue weighted by Gasteiger charge is -2.06. The molecule has 0 fully saturated rings. The molecule has 4 aromatic rings. The maximum atomic E-state index is 13.0. The third kappa shape index (κ3) is 3.88. The van der Waals surface area contributed by atoms with Crippen LogP contribution >= 0.6 is 22.9 Å². The molecule has 0 radical (unpaired) electrons. The van der Waals surface area contributed by atoms with Crippen LogP contribution in [0.2, 0.25) is 5.02 Å². The summed E-state index contributed by atoms with van der Waals surface area (Å²) in [5.41, 5.74) is 3.73. The quantitative estimate of drug-likeness (QED) is 0.365. The molecule has 0 bridgehead atoms. The van der Waals surface area contributed by atoms with Gasteiger partial charge in [-0.25, -0.2) is 4.79 Å². The Morgan fingerprint density at radius 2 is 1.69 bits per heavy atom. The number of ketones is 1. The van der Waals surface area contributed by atoms with Crippen molar-refractivity contribution in [1.82, 2.24) is 4.98 Å². The number of Topliss-reactive ketones (excluding diaryl/α,β-unsaturated/α-hetero) is 1. The summed E-state index contributed by atoms with van der Waals surface area (Å²) >= 11 is 7.26. The lowest BCUT2D eigenvalue weighted by molar-refractivity contribution is 0.0697. The van der Waals surface area contributed by atoms with Crippen molar-refractivity contribution in [2.75, 3.05) is 0 Å². The number of carboxylic acid groups (broad SMARTS) is 1. The van der Waals surface area contributed by atoms with Gasteiger partial charge in [0.15, 0.2) is 5.78 Å². The summed E-state index contributed by atoms with van der Waals surface area (Å²) in [6.45, 7) is 0. The predicted octanol–water partition coefficient (Wildman–Crippen LogP) is 6.19. The lowest BCUT2D eigenvalue weighted by atomic mass is 9.96. The van der Waals surface area contributed by atoms with Crippen LogP contribution in [0.1, 0.15) is 26.3 Å². The molecule has 0 saturated heterocycles. The fourth-order valence-corrected chi connectivity index (χ4v) is 4.49. The molecular formula is C23H16ClNO3S. The van der Waals surface area contributed by atoms with Crippen LogP contribution in [0.4, 0.5) is 0 Å². The van der Waals surface area contributed by atoms with E-state index < -0.39 is 5.97 Å². The standard InChI is InChI=1S/C23H16ClNO3S/c24-17-8-6-15(7-9-17)22-21(23(27)28)16(13-29-22)10-20(26)19-12-25-11-18(19)14-4-2-1-3-5-14/h1-9,11-13,25H,10H2,(H,27,28). The molecule has 0 unspecified atom stereocenters. The number of carbonyl (C=O) groups is 2. The number of H-pyrrole nitrogens is 1. The number of thiophene rings is 1. The molecule has 29 heavy (non-hydrogen) atoms. The van der Waals surface area contributed by atoms with E-state index in [1.165, 1.54) is 11.3 Å². The van der Waals surface area contributed by atoms with Crippen LogP contribution in [0.5, 0.6) is 0 Å². The largest absolute Gasteiger partial charge is 0.478 e. The van der Waals surface area contributed by atoms with Gasteiger partial charge in [-0.15, -0.1) is 11.3 Å². The van der Waals surface area contributed by atoms with E-state index in [2.05, 4.69) is 4.98 Å². The van der Waals surface area contributed by atoms with Crippen molar-refractivity contribution in [3.63, 3.8) is 0 Å². The number of nitrogens with one attached hydrogen (secondary N) is 1. The summed E-state index contributed by atoms with van der Waals surface area (Å²) in [5.74, 6) is -1.18. The minimum atomic E-state index is -1.05. The highest BCUT2D eigenvalue weighted by molar-refractivity contribution is 7.14. The molecule has 0 aliphatic rings. The molecular weight excluding hydrogens is 406 g/mol. The van der Waals surface area contributed by atoms with Gasteiger partial charge in [-0.2, -0.15) is 0 Å². The number of carbonyl (C=O) groups excluding carboxylic acids is 1. The van der Waals surface area contributed by atoms with Gasteiger partial charge in [0.2, 0.25) is 0 Å². The van der Waals surface area contributed by atoms with E-state index in [1.807, 2.05) is 30.3 Å². The number of aromatic nitrogens is 1. The van der Waals surface area contributed by atoms with E-state index >= 15 is 0 Å². The number of benzene rings is 2. The molecule has 0 aliphatic carbocycles. The van der Waals surface area contributed by atoms with E-state index in [0.717, 1.165) is 16.7 Å². The van der Waals surface area contributed by atoms with Crippen molar-refractivity contribution in [2.45, 2.75) is 6.42 Å². The third-order valence-corrected chi connectivity index (χ3v) is 6.00. The van der Waals surface area contributed by atoms with E-state index in [1.54, 1.807) is 42.0 Å². The molecule has 0 atom stereocenters. The van der Waals surface area contributed by atoms with Crippen molar-refractivity contribution in [2.24, 2.45) is 0 Å². The number of hydrogen-bond acceptors (Lipinski definition) is 3. The molecule has 2 heterocycles. The summed E-state index contributed by atoms with van der Waals surface area (Å²) < 4.78 is 0. The Balaban J connectivity index is 1.67. The topological polar surface area (TPSA) is 70.2 Å². The van der Waals surface area contributed by atoms with Crippen molar-refractivity contribution in [1.29, 1.82) is 0 Å². The summed E-state index contributed by atoms with van der Waals surface area (Å²) in [6, 6.07) is 16.6. The zero-order valence-corrected chi connectivity index (χ0v) is 16.8. The van der Waals surface area contributed by atoms with Gasteiger partial charge in [-0.1, -0.05) is 54.1 Å². The third-order valence-electron chi connectivity index (χ3n) is 4.67. The second-order valence-corrected chi connectivity index (χ2v) is 7.84. The molecule has 4 rings (SSSR count). The van der Waals surface area contributed by atoms with Crippen LogP contribution in [0.25, 0.3) is 21.6 Å². The van der Waals surface area contributed by atoms with Crippen molar-refractivity contribution in [3.8, 4) is 21.6 Å². The van der Waals surface area contributed by atoms with Gasteiger partial charge in [-0.05, 0) is 34.2 Å². The lowest BCUT2D eigenvalue weighted by Crippen LogP contribution is -2.08. The van der Waals surface area contributed by atoms with Gasteiger partial charge < -0.3 is 10.1 Å². The van der Waals surface area contributed by atoms with Gasteiger partial charge in [0.25, 0.3) is 0 Å². The maximum Gasteiger partial charge on any atom is 0.337 e. The minimum absolute atomic E-state index is 0.0173. The summed E-state index contributed by atoms with van der Waals surface area (Å²) in [6.07, 6.45) is 3.47. The maximum absolute atomic E-state index is 13.0. The number of aromatic amines is 1. The number of rotatable bonds is 6. The Morgan fingerprint density at radius 3 is 2.38 bits per heavy atom. The molecule has 4 nitrogen and oxygen atoms in total. The first kappa shape index (κ1) is 19.2. The van der Waals surface area contributed by atoms with Gasteiger partial charge in [0.05, 0.1) is 5.56 Å². The molecule has 0 saturated carbocycles. The first-order valence-corrected chi connectivity index (χ1v) is 10.2. The zero-order chi connectivity index (χ0) is 20.4. The SMILES string of the molecule is O=C(Cc1csc(-c2ccc(Cl)cc2)c1C(=O)O)c1c[nH]cc1-c1ccccc1. The van der Waals surface area contributed by atoms with Crippen molar-refractivity contribution < 1.29 is 14.7 Å². The highest BCUT2D eigenvalue weighted by Gasteiger charge is 2.23. The second-order valence-electron chi connectivity index (χ2n) is 6.53. The molecule has 0 aliphatic heterocycles. The van der Waals surface area contributed by atoms with Crippen LogP contribution in [-0.4, -0.2) is 21.8 Å². The fraction of sp³-hybridized carbons (Fsp3) is 0.0435. The van der Waals surface area contributed by atoms with Gasteiger partial charge in [-0.3, -0.25) is 4.79 Å². The van der Waals surface area contributed by atoms with E-state index in [-0.39, 0.29) is 17.8 Å². The zero-order valence-electron chi connectivity index (χ0n) is 15.2. The van der Waals surface area contributed by atoms with E-state index in [4.69, 9.17) is 11.6 Å². The van der Waals surface area contributed by atoms with Crippen LogP contribution in [-0.2, 0) is 6.42 Å². The molecule has 2 N–H and O–H groups in total. The Morgan fingerprint density at radius 1 is 0.966 bits per heavy atom. The van der Waals surface area contributed by atoms with Gasteiger partial charge in [0, 0.05) is 39.8 Å². The minimum Gasteiger partial charge on any atom is -0.478 e. The Kier molecular flexibility index (Phi) is 5.34. The molecule has 0 spiro atoms. The first-order valence-electron chi connectivity index (χ1n) is 8.89. The number of hydrogen-bond donors (Lipinski definition) is 2. The van der Waals surface area contributed by atoms with E-state index in [0.29, 0.717) is 21.0 Å². The highest BCUT2D eigenvalue weighted by Crippen LogP contribution is 2.35. The average molecular weight is 422 g/mol. The summed E-state index contributed by atoms with van der Waals surface area (Å²) in [5, 5.41) is 12.1. The van der Waals surface area contributed by atoms with Crippen LogP contribution in [0.3, 0.4) is 0 Å². The molecule has 144 valence electrons. The first-order chi connectivity index (χ1) is 14.0. The Labute approximate surface area is 176 Å². The summed E-state index contributed by atoms with van der Waals surface area (Å²) in [4.78, 5) is 28.6. The van der Waals surface area contributed by atoms with Crippen LogP contribution < -0.4 is 0 Å². The number of halogens is 1. The monoisotopic (exact) mass is 421 g/mol. The van der Waals surface area contributed by atoms with Gasteiger partial charge >= 0.3 is 5.97 Å². The van der Waals surface area contributed by atoms with Crippen molar-refractivity contribution in [3.05, 3.63) is 94.1 Å². The summed E-state index contributed by atoms with van der Waals surface area (Å²) in [7, 11) is 0. The molecule has 6 heteroatoms. The average Bonchev–Trinajstić information content (AvgIpc) is 3.36. The number of aromatic carboxylic acids is 1. The molecule has 2 aromatic carbocycles. The van der Waals surface area contributed by atoms with Crippen LogP contribution in [0, 0.1) is 0 Å². The highest BCUT2D eigenvalue weighted by atomic mass is 35.5. The Hall–Kier alpha value is -3.15. The Bertz CT molecular complexity index is 1180. The predicted molar refractivity (Wildman–Crippen MR) is 116 cm³/mol. The van der Waals surface area contributed by atoms with Gasteiger partial charge in [0.1, 0.15) is 0 Å².